The Morgan fingerprint density at radius 1 is 1.14 bits per heavy atom. The van der Waals surface area contributed by atoms with Gasteiger partial charge in [0.2, 0.25) is 15.9 Å². The van der Waals surface area contributed by atoms with E-state index in [1.54, 1.807) is 37.3 Å². The van der Waals surface area contributed by atoms with E-state index in [2.05, 4.69) is 5.32 Å². The molecule has 0 saturated carbocycles. The molecule has 0 bridgehead atoms. The van der Waals surface area contributed by atoms with Crippen molar-refractivity contribution in [1.29, 1.82) is 0 Å². The summed E-state index contributed by atoms with van der Waals surface area (Å²) < 4.78 is 27.7. The zero-order valence-corrected chi connectivity index (χ0v) is 18.0. The number of halogens is 2. The van der Waals surface area contributed by atoms with Crippen LogP contribution in [0.1, 0.15) is 24.0 Å². The van der Waals surface area contributed by atoms with Crippen molar-refractivity contribution in [2.45, 2.75) is 31.6 Å². The molecule has 0 aliphatic carbocycles. The molecule has 1 aliphatic heterocycles. The molecule has 28 heavy (non-hydrogen) atoms. The third-order valence-electron chi connectivity index (χ3n) is 4.91. The highest BCUT2D eigenvalue weighted by molar-refractivity contribution is 7.89. The molecule has 5 nitrogen and oxygen atoms in total. The van der Waals surface area contributed by atoms with E-state index < -0.39 is 15.9 Å². The highest BCUT2D eigenvalue weighted by atomic mass is 35.5. The molecule has 1 N–H and O–H groups in total. The number of nitrogens with zero attached hydrogens (tertiary/aromatic N) is 1. The largest absolute Gasteiger partial charge is 0.324 e. The van der Waals surface area contributed by atoms with Gasteiger partial charge in [-0.3, -0.25) is 4.79 Å². The molecule has 1 aliphatic rings. The van der Waals surface area contributed by atoms with Gasteiger partial charge in [-0.05, 0) is 62.1 Å². The minimum atomic E-state index is -3.66. The van der Waals surface area contributed by atoms with Gasteiger partial charge >= 0.3 is 0 Å². The molecule has 3 rings (SSSR count). The van der Waals surface area contributed by atoms with Crippen LogP contribution in [-0.2, 0) is 14.8 Å². The summed E-state index contributed by atoms with van der Waals surface area (Å²) in [6.45, 7) is 4.19. The Kier molecular flexibility index (Phi) is 6.34. The van der Waals surface area contributed by atoms with Gasteiger partial charge in [0.15, 0.2) is 0 Å². The zero-order chi connectivity index (χ0) is 20.5. The van der Waals surface area contributed by atoms with Crippen LogP contribution in [0.4, 0.5) is 5.69 Å². The summed E-state index contributed by atoms with van der Waals surface area (Å²) in [6, 6.07) is 10.2. The van der Waals surface area contributed by atoms with Gasteiger partial charge in [0.1, 0.15) is 0 Å². The van der Waals surface area contributed by atoms with Crippen molar-refractivity contribution in [2.24, 2.45) is 5.92 Å². The number of rotatable bonds is 4. The molecule has 1 unspecified atom stereocenters. The van der Waals surface area contributed by atoms with Crippen LogP contribution in [-0.4, -0.2) is 31.7 Å². The maximum Gasteiger partial charge on any atom is 0.243 e. The molecule has 150 valence electrons. The zero-order valence-electron chi connectivity index (χ0n) is 15.7. The average Bonchev–Trinajstić information content (AvgIpc) is 2.66. The average molecular weight is 441 g/mol. The maximum atomic E-state index is 13.1. The molecule has 1 heterocycles. The standard InChI is InChI=1S/C20H22Cl2N2O3S/c1-13-5-6-14(2)19(10-13)28(26,27)24-9-3-4-15(12-24)20(25)23-18-8-7-16(21)11-17(18)22/h5-8,10-11,15H,3-4,9,12H2,1-2H3,(H,23,25). The molecule has 1 fully saturated rings. The molecule has 1 saturated heterocycles. The second kappa shape index (κ2) is 8.41. The SMILES string of the molecule is Cc1ccc(C)c(S(=O)(=O)N2CCCC(C(=O)Nc3ccc(Cl)cc3Cl)C2)c1. The molecule has 8 heteroatoms. The van der Waals surface area contributed by atoms with Crippen molar-refractivity contribution in [3.05, 3.63) is 57.6 Å². The molecule has 2 aromatic carbocycles. The Balaban J connectivity index is 1.78. The molecule has 1 amide bonds. The van der Waals surface area contributed by atoms with E-state index in [1.807, 2.05) is 13.0 Å². The summed E-state index contributed by atoms with van der Waals surface area (Å²) in [6.07, 6.45) is 1.24. The van der Waals surface area contributed by atoms with Crippen molar-refractivity contribution in [3.63, 3.8) is 0 Å². The van der Waals surface area contributed by atoms with Crippen LogP contribution >= 0.6 is 23.2 Å². The highest BCUT2D eigenvalue weighted by Gasteiger charge is 2.34. The Labute approximate surface area is 175 Å². The monoisotopic (exact) mass is 440 g/mol. The number of anilines is 1. The van der Waals surface area contributed by atoms with Gasteiger partial charge in [0.25, 0.3) is 0 Å². The number of carbonyl (C=O) groups excluding carboxylic acids is 1. The van der Waals surface area contributed by atoms with Crippen LogP contribution in [0.3, 0.4) is 0 Å². The van der Waals surface area contributed by atoms with Gasteiger partial charge in [-0.25, -0.2) is 8.42 Å². The Morgan fingerprint density at radius 3 is 2.61 bits per heavy atom. The normalized spacial score (nSPS) is 18.1. The van der Waals surface area contributed by atoms with E-state index in [-0.39, 0.29) is 12.5 Å². The molecular weight excluding hydrogens is 419 g/mol. The molecule has 0 spiro atoms. The fourth-order valence-corrected chi connectivity index (χ4v) is 5.61. The first kappa shape index (κ1) is 21.1. The van der Waals surface area contributed by atoms with Gasteiger partial charge in [-0.15, -0.1) is 0 Å². The number of sulfonamides is 1. The van der Waals surface area contributed by atoms with Crippen LogP contribution < -0.4 is 5.32 Å². The number of piperidine rings is 1. The highest BCUT2D eigenvalue weighted by Crippen LogP contribution is 2.29. The Bertz CT molecular complexity index is 1010. The fraction of sp³-hybridized carbons (Fsp3) is 0.350. The van der Waals surface area contributed by atoms with E-state index in [9.17, 15) is 13.2 Å². The summed E-state index contributed by atoms with van der Waals surface area (Å²) in [5.74, 6) is -0.689. The number of aryl methyl sites for hydroxylation is 2. The molecule has 0 radical (unpaired) electrons. The number of amides is 1. The Hall–Kier alpha value is -1.60. The van der Waals surface area contributed by atoms with Crippen molar-refractivity contribution in [1.82, 2.24) is 4.31 Å². The summed E-state index contributed by atoms with van der Waals surface area (Å²) in [7, 11) is -3.66. The topological polar surface area (TPSA) is 66.5 Å². The van der Waals surface area contributed by atoms with E-state index >= 15 is 0 Å². The second-order valence-corrected chi connectivity index (χ2v) is 9.83. The van der Waals surface area contributed by atoms with Gasteiger partial charge in [0, 0.05) is 18.1 Å². The lowest BCUT2D eigenvalue weighted by molar-refractivity contribution is -0.120. The summed E-state index contributed by atoms with van der Waals surface area (Å²) in [4.78, 5) is 13.0. The quantitative estimate of drug-likeness (QED) is 0.751. The Morgan fingerprint density at radius 2 is 1.89 bits per heavy atom. The third-order valence-corrected chi connectivity index (χ3v) is 7.46. The smallest absolute Gasteiger partial charge is 0.243 e. The van der Waals surface area contributed by atoms with E-state index in [1.165, 1.54) is 4.31 Å². The van der Waals surface area contributed by atoms with E-state index in [0.717, 1.165) is 5.56 Å². The van der Waals surface area contributed by atoms with Crippen LogP contribution in [0.5, 0.6) is 0 Å². The summed E-state index contributed by atoms with van der Waals surface area (Å²) in [5.41, 5.74) is 2.04. The lowest BCUT2D eigenvalue weighted by Crippen LogP contribution is -2.43. The van der Waals surface area contributed by atoms with Crippen molar-refractivity contribution in [3.8, 4) is 0 Å². The van der Waals surface area contributed by atoms with E-state index in [0.29, 0.717) is 45.6 Å². The third kappa shape index (κ3) is 4.51. The number of benzene rings is 2. The number of carbonyl (C=O) groups is 1. The predicted octanol–water partition coefficient (Wildman–Crippen LogP) is 4.65. The van der Waals surface area contributed by atoms with Crippen molar-refractivity contribution >= 4 is 44.8 Å². The first-order valence-electron chi connectivity index (χ1n) is 9.02. The van der Waals surface area contributed by atoms with Gasteiger partial charge in [0.05, 0.1) is 21.5 Å². The van der Waals surface area contributed by atoms with Crippen LogP contribution in [0.25, 0.3) is 0 Å². The van der Waals surface area contributed by atoms with Gasteiger partial charge in [-0.1, -0.05) is 35.3 Å². The number of nitrogens with one attached hydrogen (secondary N) is 1. The van der Waals surface area contributed by atoms with Crippen LogP contribution in [0, 0.1) is 19.8 Å². The second-order valence-electron chi connectivity index (χ2n) is 7.08. The predicted molar refractivity (Wildman–Crippen MR) is 112 cm³/mol. The molecular formula is C20H22Cl2N2O3S. The lowest BCUT2D eigenvalue weighted by atomic mass is 9.99. The minimum absolute atomic E-state index is 0.146. The van der Waals surface area contributed by atoms with Crippen LogP contribution in [0.2, 0.25) is 10.0 Å². The molecule has 1 atom stereocenters. The first-order valence-corrected chi connectivity index (χ1v) is 11.2. The van der Waals surface area contributed by atoms with Crippen molar-refractivity contribution in [2.75, 3.05) is 18.4 Å². The number of hydrogen-bond donors (Lipinski definition) is 1. The van der Waals surface area contributed by atoms with Gasteiger partial charge in [-0.2, -0.15) is 4.31 Å². The molecule has 2 aromatic rings. The van der Waals surface area contributed by atoms with Gasteiger partial charge < -0.3 is 5.32 Å². The lowest BCUT2D eigenvalue weighted by Gasteiger charge is -2.31. The van der Waals surface area contributed by atoms with E-state index in [4.69, 9.17) is 23.2 Å². The van der Waals surface area contributed by atoms with Crippen molar-refractivity contribution < 1.29 is 13.2 Å². The fourth-order valence-electron chi connectivity index (χ4n) is 3.32. The minimum Gasteiger partial charge on any atom is -0.324 e. The maximum absolute atomic E-state index is 13.1. The van der Waals surface area contributed by atoms with Crippen LogP contribution in [0.15, 0.2) is 41.3 Å². The summed E-state index contributed by atoms with van der Waals surface area (Å²) >= 11 is 12.0. The summed E-state index contributed by atoms with van der Waals surface area (Å²) in [5, 5.41) is 3.61. The number of hydrogen-bond acceptors (Lipinski definition) is 3. The molecule has 0 aromatic heterocycles. The first-order chi connectivity index (χ1) is 13.2.